The van der Waals surface area contributed by atoms with E-state index in [4.69, 9.17) is 14.2 Å². The van der Waals surface area contributed by atoms with Crippen molar-refractivity contribution < 1.29 is 33.4 Å². The van der Waals surface area contributed by atoms with Crippen LogP contribution in [0.5, 0.6) is 5.75 Å². The number of carbonyl (C=O) groups is 4. The molecule has 270 valence electrons. The first-order chi connectivity index (χ1) is 23.0. The van der Waals surface area contributed by atoms with E-state index in [9.17, 15) is 19.2 Å². The van der Waals surface area contributed by atoms with Gasteiger partial charge in [-0.15, -0.1) is 0 Å². The number of benzene rings is 2. The normalized spacial score (nSPS) is 15.6. The summed E-state index contributed by atoms with van der Waals surface area (Å²) in [5.41, 5.74) is 2.85. The van der Waals surface area contributed by atoms with Crippen molar-refractivity contribution >= 4 is 23.9 Å². The van der Waals surface area contributed by atoms with Gasteiger partial charge in [0.15, 0.2) is 0 Å². The molecule has 2 aromatic rings. The van der Waals surface area contributed by atoms with E-state index in [1.54, 1.807) is 25.7 Å². The maximum atomic E-state index is 13.5. The van der Waals surface area contributed by atoms with Crippen LogP contribution in [-0.2, 0) is 36.8 Å². The van der Waals surface area contributed by atoms with E-state index < -0.39 is 23.2 Å². The summed E-state index contributed by atoms with van der Waals surface area (Å²) in [4.78, 5) is 52.8. The zero-order valence-electron chi connectivity index (χ0n) is 30.8. The van der Waals surface area contributed by atoms with Crippen molar-refractivity contribution in [2.45, 2.75) is 124 Å². The molecule has 0 spiro atoms. The molecule has 0 saturated carbocycles. The van der Waals surface area contributed by atoms with Gasteiger partial charge in [0.1, 0.15) is 23.0 Å². The Bertz CT molecular complexity index is 1410. The van der Waals surface area contributed by atoms with Gasteiger partial charge in [-0.1, -0.05) is 36.4 Å². The highest BCUT2D eigenvalue weighted by atomic mass is 16.6. The number of hydrogen-bond acceptors (Lipinski definition) is 7. The molecule has 0 radical (unpaired) electrons. The van der Waals surface area contributed by atoms with Crippen molar-refractivity contribution in [3.63, 3.8) is 0 Å². The zero-order valence-corrected chi connectivity index (χ0v) is 30.8. The van der Waals surface area contributed by atoms with Crippen molar-refractivity contribution in [1.29, 1.82) is 0 Å². The highest BCUT2D eigenvalue weighted by molar-refractivity contribution is 5.88. The number of esters is 1. The van der Waals surface area contributed by atoms with Crippen molar-refractivity contribution in [2.24, 2.45) is 5.92 Å². The molecule has 10 nitrogen and oxygen atoms in total. The SMILES string of the molecule is Cc1cc(C)c(OCCC2CCCN(C(=O)OC(C)(C)C)C2)cc1CNC(=O)[C@H](CCc1ccccc1)NC(=O)CCC(=O)OC(C)(C)C. The highest BCUT2D eigenvalue weighted by Gasteiger charge is 2.28. The molecule has 2 N–H and O–H groups in total. The van der Waals surface area contributed by atoms with Gasteiger partial charge in [0.2, 0.25) is 11.8 Å². The van der Waals surface area contributed by atoms with Crippen LogP contribution in [0.15, 0.2) is 42.5 Å². The van der Waals surface area contributed by atoms with Crippen molar-refractivity contribution in [2.75, 3.05) is 19.7 Å². The monoisotopic (exact) mass is 679 g/mol. The third-order valence-corrected chi connectivity index (χ3v) is 8.23. The first-order valence-electron chi connectivity index (χ1n) is 17.5. The van der Waals surface area contributed by atoms with E-state index in [0.29, 0.717) is 38.5 Å². The minimum Gasteiger partial charge on any atom is -0.493 e. The molecule has 0 aromatic heterocycles. The molecular weight excluding hydrogens is 622 g/mol. The number of likely N-dealkylation sites (tertiary alicyclic amines) is 1. The number of carbonyl (C=O) groups excluding carboxylic acids is 4. The molecule has 2 atom stereocenters. The van der Waals surface area contributed by atoms with Gasteiger partial charge < -0.3 is 29.7 Å². The Balaban J connectivity index is 1.58. The Hall–Kier alpha value is -4.08. The molecule has 1 saturated heterocycles. The standard InChI is InChI=1S/C39H57N3O7/c1-27-23-28(2)33(47-22-20-30-15-12-21-42(26-30)37(46)49-39(6,7)8)24-31(27)25-40-36(45)32(17-16-29-13-10-9-11-14-29)41-34(43)18-19-35(44)48-38(3,4)5/h9-11,13-14,23-24,30,32H,12,15-22,25-26H2,1-8H3,(H,40,45)(H,41,43)/t30?,32-/m0/s1. The van der Waals surface area contributed by atoms with Gasteiger partial charge in [0.05, 0.1) is 13.0 Å². The van der Waals surface area contributed by atoms with E-state index in [1.165, 1.54) is 0 Å². The van der Waals surface area contributed by atoms with E-state index in [1.807, 2.05) is 77.1 Å². The predicted octanol–water partition coefficient (Wildman–Crippen LogP) is 6.58. The van der Waals surface area contributed by atoms with Gasteiger partial charge in [-0.05, 0) is 122 Å². The Kier molecular flexibility index (Phi) is 14.5. The summed E-state index contributed by atoms with van der Waals surface area (Å²) >= 11 is 0. The summed E-state index contributed by atoms with van der Waals surface area (Å²) in [5.74, 6) is -0.0460. The molecule has 0 bridgehead atoms. The maximum Gasteiger partial charge on any atom is 0.410 e. The fraction of sp³-hybridized carbons (Fsp3) is 0.590. The lowest BCUT2D eigenvalue weighted by Gasteiger charge is -2.34. The van der Waals surface area contributed by atoms with Crippen LogP contribution in [0, 0.1) is 19.8 Å². The van der Waals surface area contributed by atoms with Gasteiger partial charge in [0.25, 0.3) is 0 Å². The van der Waals surface area contributed by atoms with Gasteiger partial charge in [0, 0.05) is 26.1 Å². The quantitative estimate of drug-likeness (QED) is 0.217. The second kappa shape index (κ2) is 18.1. The average molecular weight is 680 g/mol. The number of amides is 3. The Morgan fingerprint density at radius 2 is 1.61 bits per heavy atom. The summed E-state index contributed by atoms with van der Waals surface area (Å²) in [7, 11) is 0. The Labute approximate surface area is 292 Å². The van der Waals surface area contributed by atoms with E-state index in [-0.39, 0.29) is 37.3 Å². The fourth-order valence-electron chi connectivity index (χ4n) is 5.75. The largest absolute Gasteiger partial charge is 0.493 e. The summed E-state index contributed by atoms with van der Waals surface area (Å²) in [6, 6.07) is 13.0. The topological polar surface area (TPSA) is 123 Å². The van der Waals surface area contributed by atoms with Crippen LogP contribution in [0.3, 0.4) is 0 Å². The Morgan fingerprint density at radius 3 is 2.29 bits per heavy atom. The molecule has 1 heterocycles. The van der Waals surface area contributed by atoms with Crippen molar-refractivity contribution in [1.82, 2.24) is 15.5 Å². The molecule has 1 unspecified atom stereocenters. The molecule has 2 aromatic carbocycles. The second-order valence-electron chi connectivity index (χ2n) is 15.1. The van der Waals surface area contributed by atoms with Crippen LogP contribution in [0.25, 0.3) is 0 Å². The molecule has 3 rings (SSSR count). The van der Waals surface area contributed by atoms with Crippen LogP contribution in [0.4, 0.5) is 4.79 Å². The average Bonchev–Trinajstić information content (AvgIpc) is 3.01. The van der Waals surface area contributed by atoms with Gasteiger partial charge in [-0.25, -0.2) is 4.79 Å². The van der Waals surface area contributed by atoms with Crippen LogP contribution in [0.2, 0.25) is 0 Å². The first-order valence-corrected chi connectivity index (χ1v) is 17.5. The van der Waals surface area contributed by atoms with Crippen LogP contribution in [0.1, 0.15) is 102 Å². The number of piperidine rings is 1. The minimum atomic E-state index is -0.774. The first kappa shape index (κ1) is 39.4. The summed E-state index contributed by atoms with van der Waals surface area (Å²) in [6.07, 6.45) is 3.40. The van der Waals surface area contributed by atoms with Crippen LogP contribution >= 0.6 is 0 Å². The lowest BCUT2D eigenvalue weighted by atomic mass is 9.95. The summed E-state index contributed by atoms with van der Waals surface area (Å²) in [6.45, 7) is 17.1. The van der Waals surface area contributed by atoms with Crippen LogP contribution < -0.4 is 15.4 Å². The number of nitrogens with one attached hydrogen (secondary N) is 2. The maximum absolute atomic E-state index is 13.5. The van der Waals surface area contributed by atoms with E-state index >= 15 is 0 Å². The number of nitrogens with zero attached hydrogens (tertiary/aromatic N) is 1. The van der Waals surface area contributed by atoms with E-state index in [2.05, 4.69) is 10.6 Å². The molecule has 0 aliphatic carbocycles. The van der Waals surface area contributed by atoms with Gasteiger partial charge >= 0.3 is 12.1 Å². The number of ether oxygens (including phenoxy) is 3. The third kappa shape index (κ3) is 14.5. The number of aryl methyl sites for hydroxylation is 3. The van der Waals surface area contributed by atoms with E-state index in [0.717, 1.165) is 47.3 Å². The molecule has 49 heavy (non-hydrogen) atoms. The molecular formula is C39H57N3O7. The molecule has 1 aliphatic heterocycles. The fourth-order valence-corrected chi connectivity index (χ4v) is 5.75. The lowest BCUT2D eigenvalue weighted by Crippen LogP contribution is -2.47. The van der Waals surface area contributed by atoms with Crippen molar-refractivity contribution in [3.8, 4) is 5.75 Å². The smallest absolute Gasteiger partial charge is 0.410 e. The minimum absolute atomic E-state index is 0.0653. The summed E-state index contributed by atoms with van der Waals surface area (Å²) in [5, 5.41) is 5.85. The number of rotatable bonds is 14. The molecule has 1 aliphatic rings. The molecule has 1 fully saturated rings. The molecule has 10 heteroatoms. The third-order valence-electron chi connectivity index (χ3n) is 8.23. The summed E-state index contributed by atoms with van der Waals surface area (Å²) < 4.78 is 17.1. The van der Waals surface area contributed by atoms with Crippen LogP contribution in [-0.4, -0.2) is 65.7 Å². The lowest BCUT2D eigenvalue weighted by molar-refractivity contribution is -0.155. The Morgan fingerprint density at radius 1 is 0.918 bits per heavy atom. The van der Waals surface area contributed by atoms with Gasteiger partial charge in [-0.2, -0.15) is 0 Å². The second-order valence-corrected chi connectivity index (χ2v) is 15.1. The number of hydrogen-bond donors (Lipinski definition) is 2. The highest BCUT2D eigenvalue weighted by Crippen LogP contribution is 2.26. The van der Waals surface area contributed by atoms with Gasteiger partial charge in [-0.3, -0.25) is 14.4 Å². The molecule has 3 amide bonds. The van der Waals surface area contributed by atoms with Crippen molar-refractivity contribution in [3.05, 3.63) is 64.7 Å². The zero-order chi connectivity index (χ0) is 36.2. The predicted molar refractivity (Wildman–Crippen MR) is 190 cm³/mol.